The van der Waals surface area contributed by atoms with Gasteiger partial charge in [0, 0.05) is 13.0 Å². The number of likely N-dealkylation sites (N-methyl/N-ethyl adjacent to an activating group) is 1. The molecule has 0 aliphatic carbocycles. The number of carbonyl (C=O) groups excluding carboxylic acids is 1. The van der Waals surface area contributed by atoms with Gasteiger partial charge in [-0.15, -0.1) is 12.4 Å². The second kappa shape index (κ2) is 3.38. The second-order valence-electron chi connectivity index (χ2n) is 2.80. The molecule has 0 aromatic carbocycles. The maximum atomic E-state index is 10.9. The van der Waals surface area contributed by atoms with Crippen molar-refractivity contribution < 1.29 is 4.79 Å². The van der Waals surface area contributed by atoms with Crippen LogP contribution in [0.15, 0.2) is 0 Å². The molecule has 0 spiro atoms. The van der Waals surface area contributed by atoms with E-state index >= 15 is 0 Å². The molecule has 0 aromatic rings. The van der Waals surface area contributed by atoms with E-state index in [0.29, 0.717) is 0 Å². The Kier molecular flexibility index (Phi) is 3.29. The third-order valence-corrected chi connectivity index (χ3v) is 2.08. The Labute approximate surface area is 72.5 Å². The van der Waals surface area contributed by atoms with E-state index in [1.807, 2.05) is 19.0 Å². The first kappa shape index (κ1) is 10.7. The first-order chi connectivity index (χ1) is 4.59. The van der Waals surface area contributed by atoms with Crippen molar-refractivity contribution in [1.29, 1.82) is 0 Å². The highest BCUT2D eigenvalue weighted by Crippen LogP contribution is 2.19. The molecule has 1 aliphatic rings. The van der Waals surface area contributed by atoms with Crippen LogP contribution >= 0.6 is 12.4 Å². The zero-order valence-corrected chi connectivity index (χ0v) is 7.57. The van der Waals surface area contributed by atoms with Gasteiger partial charge < -0.3 is 5.73 Å². The van der Waals surface area contributed by atoms with Crippen molar-refractivity contribution in [3.05, 3.63) is 0 Å². The summed E-state index contributed by atoms with van der Waals surface area (Å²) in [6.45, 7) is 0.876. The van der Waals surface area contributed by atoms with Gasteiger partial charge in [0.15, 0.2) is 5.66 Å². The highest BCUT2D eigenvalue weighted by atomic mass is 35.5. The van der Waals surface area contributed by atoms with Gasteiger partial charge >= 0.3 is 0 Å². The van der Waals surface area contributed by atoms with E-state index in [1.54, 1.807) is 0 Å². The number of rotatable bonds is 2. The number of nitrogens with one attached hydrogen (secondary N) is 1. The van der Waals surface area contributed by atoms with Gasteiger partial charge in [0.1, 0.15) is 0 Å². The lowest BCUT2D eigenvalue weighted by Gasteiger charge is -2.45. The second-order valence-corrected chi connectivity index (χ2v) is 2.80. The summed E-state index contributed by atoms with van der Waals surface area (Å²) in [5.74, 6) is -0.288. The Morgan fingerprint density at radius 3 is 2.09 bits per heavy atom. The third kappa shape index (κ3) is 1.47. The maximum Gasteiger partial charge on any atom is 0.252 e. The quantitative estimate of drug-likeness (QED) is 0.581. The van der Waals surface area contributed by atoms with Gasteiger partial charge in [0.25, 0.3) is 5.91 Å². The molecule has 1 heterocycles. The number of hydrogen-bond donors (Lipinski definition) is 2. The number of primary amides is 1. The summed E-state index contributed by atoms with van der Waals surface area (Å²) in [5.41, 5.74) is 4.64. The van der Waals surface area contributed by atoms with Gasteiger partial charge in [-0.1, -0.05) is 0 Å². The minimum atomic E-state index is -0.556. The minimum absolute atomic E-state index is 0. The standard InChI is InChI=1S/C6H13N3O.ClH/c1-9(2)6(5(7)10)3-4-8-6;/h8H,3-4H2,1-2H3,(H2,7,10);1H. The van der Waals surface area contributed by atoms with Crippen LogP contribution in [0, 0.1) is 0 Å². The van der Waals surface area contributed by atoms with Gasteiger partial charge in [-0.3, -0.25) is 15.0 Å². The molecular formula is C6H14ClN3O. The summed E-state index contributed by atoms with van der Waals surface area (Å²) < 4.78 is 0. The number of amides is 1. The van der Waals surface area contributed by atoms with E-state index in [0.717, 1.165) is 13.0 Å². The van der Waals surface area contributed by atoms with Crippen LogP contribution in [-0.2, 0) is 4.79 Å². The van der Waals surface area contributed by atoms with Crippen molar-refractivity contribution in [1.82, 2.24) is 10.2 Å². The van der Waals surface area contributed by atoms with Gasteiger partial charge in [0.2, 0.25) is 0 Å². The molecule has 1 unspecified atom stereocenters. The first-order valence-corrected chi connectivity index (χ1v) is 3.32. The van der Waals surface area contributed by atoms with E-state index < -0.39 is 5.66 Å². The fourth-order valence-corrected chi connectivity index (χ4v) is 1.17. The predicted molar refractivity (Wildman–Crippen MR) is 45.5 cm³/mol. The lowest BCUT2D eigenvalue weighted by atomic mass is 9.96. The third-order valence-electron chi connectivity index (χ3n) is 2.08. The average molecular weight is 180 g/mol. The van der Waals surface area contributed by atoms with E-state index in [9.17, 15) is 4.79 Å². The van der Waals surface area contributed by atoms with E-state index in [-0.39, 0.29) is 18.3 Å². The molecule has 5 heteroatoms. The number of nitrogens with two attached hydrogens (primary N) is 1. The number of nitrogens with zero attached hydrogens (tertiary/aromatic N) is 1. The molecule has 0 radical (unpaired) electrons. The van der Waals surface area contributed by atoms with Crippen molar-refractivity contribution in [2.75, 3.05) is 20.6 Å². The topological polar surface area (TPSA) is 58.4 Å². The van der Waals surface area contributed by atoms with E-state index in [1.165, 1.54) is 0 Å². The molecule has 1 amide bonds. The molecule has 66 valence electrons. The summed E-state index contributed by atoms with van der Waals surface area (Å²) >= 11 is 0. The van der Waals surface area contributed by atoms with Crippen LogP contribution in [-0.4, -0.2) is 37.1 Å². The van der Waals surface area contributed by atoms with Crippen molar-refractivity contribution in [2.24, 2.45) is 5.73 Å². The Morgan fingerprint density at radius 1 is 1.64 bits per heavy atom. The summed E-state index contributed by atoms with van der Waals surface area (Å²) in [7, 11) is 3.69. The van der Waals surface area contributed by atoms with Gasteiger partial charge in [-0.2, -0.15) is 0 Å². The van der Waals surface area contributed by atoms with Gasteiger partial charge in [-0.25, -0.2) is 0 Å². The van der Waals surface area contributed by atoms with Crippen molar-refractivity contribution in [3.63, 3.8) is 0 Å². The summed E-state index contributed by atoms with van der Waals surface area (Å²) in [6.07, 6.45) is 0.815. The summed E-state index contributed by atoms with van der Waals surface area (Å²) in [4.78, 5) is 12.7. The maximum absolute atomic E-state index is 10.9. The van der Waals surface area contributed by atoms with Crippen LogP contribution in [0.5, 0.6) is 0 Å². The van der Waals surface area contributed by atoms with Crippen LogP contribution in [0.1, 0.15) is 6.42 Å². The normalized spacial score (nSPS) is 29.0. The highest BCUT2D eigenvalue weighted by molar-refractivity contribution is 5.85. The Balaban J connectivity index is 0.000001000. The molecule has 4 nitrogen and oxygen atoms in total. The summed E-state index contributed by atoms with van der Waals surface area (Å²) in [5, 5.41) is 3.01. The molecular weight excluding hydrogens is 166 g/mol. The van der Waals surface area contributed by atoms with Crippen LogP contribution < -0.4 is 11.1 Å². The first-order valence-electron chi connectivity index (χ1n) is 3.32. The molecule has 11 heavy (non-hydrogen) atoms. The number of carbonyl (C=O) groups is 1. The Bertz CT molecular complexity index is 156. The van der Waals surface area contributed by atoms with E-state index in [2.05, 4.69) is 5.32 Å². The average Bonchev–Trinajstić information content (AvgIpc) is 1.57. The zero-order chi connectivity index (χ0) is 7.78. The number of hydrogen-bond acceptors (Lipinski definition) is 3. The van der Waals surface area contributed by atoms with Crippen molar-refractivity contribution >= 4 is 18.3 Å². The monoisotopic (exact) mass is 179 g/mol. The highest BCUT2D eigenvalue weighted by Gasteiger charge is 2.44. The van der Waals surface area contributed by atoms with Gasteiger partial charge in [-0.05, 0) is 14.1 Å². The molecule has 1 atom stereocenters. The van der Waals surface area contributed by atoms with Gasteiger partial charge in [0.05, 0.1) is 0 Å². The minimum Gasteiger partial charge on any atom is -0.367 e. The SMILES string of the molecule is CN(C)C1(C(N)=O)CCN1.Cl. The molecule has 0 aromatic heterocycles. The fourth-order valence-electron chi connectivity index (χ4n) is 1.17. The van der Waals surface area contributed by atoms with Crippen LogP contribution in [0.2, 0.25) is 0 Å². The molecule has 1 rings (SSSR count). The lowest BCUT2D eigenvalue weighted by molar-refractivity contribution is -0.136. The molecule has 0 saturated carbocycles. The molecule has 1 aliphatic heterocycles. The van der Waals surface area contributed by atoms with Crippen LogP contribution in [0.25, 0.3) is 0 Å². The zero-order valence-electron chi connectivity index (χ0n) is 6.76. The molecule has 0 bridgehead atoms. The van der Waals surface area contributed by atoms with Crippen molar-refractivity contribution in [3.8, 4) is 0 Å². The van der Waals surface area contributed by atoms with Crippen molar-refractivity contribution in [2.45, 2.75) is 12.1 Å². The Hall–Kier alpha value is -0.320. The molecule has 1 fully saturated rings. The lowest BCUT2D eigenvalue weighted by Crippen LogP contribution is -2.71. The van der Waals surface area contributed by atoms with Crippen LogP contribution in [0.3, 0.4) is 0 Å². The Morgan fingerprint density at radius 2 is 2.09 bits per heavy atom. The van der Waals surface area contributed by atoms with Crippen LogP contribution in [0.4, 0.5) is 0 Å². The van der Waals surface area contributed by atoms with E-state index in [4.69, 9.17) is 5.73 Å². The predicted octanol–water partition coefficient (Wildman–Crippen LogP) is -0.855. The smallest absolute Gasteiger partial charge is 0.252 e. The number of halogens is 1. The largest absolute Gasteiger partial charge is 0.367 e. The molecule has 1 saturated heterocycles. The molecule has 3 N–H and O–H groups in total. The summed E-state index contributed by atoms with van der Waals surface area (Å²) in [6, 6.07) is 0. The fraction of sp³-hybridized carbons (Fsp3) is 0.833.